The number of benzene rings is 2. The van der Waals surface area contributed by atoms with E-state index in [0.29, 0.717) is 14.5 Å². The number of hydrogen-bond acceptors (Lipinski definition) is 1. The van der Waals surface area contributed by atoms with Crippen LogP contribution in [0.5, 0.6) is 0 Å². The smallest absolute Gasteiger partial charge is 0.320 e. The van der Waals surface area contributed by atoms with Gasteiger partial charge in [-0.25, -0.2) is 0 Å². The standard InChI is InChI=1S/C14H9Br3F3N/c15-7-2-4-12(17)10(5-7)13(21)9-3-1-8(16)6-11(9)14(18,19)20/h1-6,13H,21H2. The lowest BCUT2D eigenvalue weighted by Crippen LogP contribution is -2.19. The molecule has 1 unspecified atom stereocenters. The molecule has 7 heteroatoms. The van der Waals surface area contributed by atoms with Gasteiger partial charge in [-0.1, -0.05) is 53.9 Å². The van der Waals surface area contributed by atoms with Crippen LogP contribution in [0.15, 0.2) is 49.8 Å². The van der Waals surface area contributed by atoms with Crippen molar-refractivity contribution in [2.45, 2.75) is 12.2 Å². The summed E-state index contributed by atoms with van der Waals surface area (Å²) < 4.78 is 41.3. The molecule has 112 valence electrons. The van der Waals surface area contributed by atoms with Gasteiger partial charge in [0.15, 0.2) is 0 Å². The lowest BCUT2D eigenvalue weighted by atomic mass is 9.95. The van der Waals surface area contributed by atoms with Crippen LogP contribution in [0.3, 0.4) is 0 Å². The van der Waals surface area contributed by atoms with Crippen molar-refractivity contribution in [3.63, 3.8) is 0 Å². The van der Waals surface area contributed by atoms with Gasteiger partial charge in [0.05, 0.1) is 11.6 Å². The lowest BCUT2D eigenvalue weighted by Gasteiger charge is -2.20. The van der Waals surface area contributed by atoms with Crippen molar-refractivity contribution in [1.82, 2.24) is 0 Å². The second kappa shape index (κ2) is 6.40. The highest BCUT2D eigenvalue weighted by molar-refractivity contribution is 9.11. The molecule has 0 heterocycles. The Morgan fingerprint density at radius 2 is 1.43 bits per heavy atom. The third-order valence-corrected chi connectivity index (χ3v) is 4.66. The van der Waals surface area contributed by atoms with E-state index >= 15 is 0 Å². The molecule has 2 N–H and O–H groups in total. The summed E-state index contributed by atoms with van der Waals surface area (Å²) in [6.45, 7) is 0. The first-order valence-corrected chi connectivity index (χ1v) is 8.15. The summed E-state index contributed by atoms with van der Waals surface area (Å²) in [6.07, 6.45) is -4.46. The number of hydrogen-bond donors (Lipinski definition) is 1. The number of rotatable bonds is 2. The van der Waals surface area contributed by atoms with E-state index in [0.717, 1.165) is 10.5 Å². The summed E-state index contributed by atoms with van der Waals surface area (Å²) in [4.78, 5) is 0. The SMILES string of the molecule is NC(c1cc(Br)ccc1Br)c1ccc(Br)cc1C(F)(F)F. The van der Waals surface area contributed by atoms with E-state index in [2.05, 4.69) is 47.8 Å². The Balaban J connectivity index is 2.58. The van der Waals surface area contributed by atoms with Gasteiger partial charge in [-0.2, -0.15) is 13.2 Å². The maximum absolute atomic E-state index is 13.2. The largest absolute Gasteiger partial charge is 0.416 e. The predicted molar refractivity (Wildman–Crippen MR) is 87.0 cm³/mol. The molecule has 0 bridgehead atoms. The van der Waals surface area contributed by atoms with Crippen LogP contribution in [-0.4, -0.2) is 0 Å². The molecule has 2 aromatic rings. The number of halogens is 6. The highest BCUT2D eigenvalue weighted by Crippen LogP contribution is 2.39. The number of nitrogens with two attached hydrogens (primary N) is 1. The Bertz CT molecular complexity index is 671. The molecular formula is C14H9Br3F3N. The third kappa shape index (κ3) is 3.88. The fourth-order valence-corrected chi connectivity index (χ4v) is 3.20. The Labute approximate surface area is 145 Å². The van der Waals surface area contributed by atoms with Gasteiger partial charge in [-0.15, -0.1) is 0 Å². The summed E-state index contributed by atoms with van der Waals surface area (Å²) in [5.41, 5.74) is 5.94. The Hall–Kier alpha value is -0.370. The van der Waals surface area contributed by atoms with Gasteiger partial charge in [0, 0.05) is 13.4 Å². The molecule has 2 rings (SSSR count). The van der Waals surface area contributed by atoms with E-state index in [9.17, 15) is 13.2 Å². The van der Waals surface area contributed by atoms with Crippen molar-refractivity contribution in [3.05, 3.63) is 66.5 Å². The molecule has 0 spiro atoms. The van der Waals surface area contributed by atoms with Gasteiger partial charge in [-0.05, 0) is 41.5 Å². The second-order valence-corrected chi connectivity index (χ2v) is 7.06. The average molecular weight is 488 g/mol. The Morgan fingerprint density at radius 3 is 2.05 bits per heavy atom. The summed E-state index contributed by atoms with van der Waals surface area (Å²) in [5.74, 6) is 0. The quantitative estimate of drug-likeness (QED) is 0.549. The molecule has 1 atom stereocenters. The molecule has 0 aliphatic heterocycles. The summed E-state index contributed by atoms with van der Waals surface area (Å²) in [7, 11) is 0. The van der Waals surface area contributed by atoms with Crippen molar-refractivity contribution in [2.24, 2.45) is 5.73 Å². The zero-order valence-electron chi connectivity index (χ0n) is 10.4. The summed E-state index contributed by atoms with van der Waals surface area (Å²) >= 11 is 9.69. The Morgan fingerprint density at radius 1 is 0.857 bits per heavy atom. The van der Waals surface area contributed by atoms with E-state index in [-0.39, 0.29) is 5.56 Å². The summed E-state index contributed by atoms with van der Waals surface area (Å²) in [6, 6.07) is 8.33. The first-order valence-electron chi connectivity index (χ1n) is 5.77. The molecule has 0 saturated heterocycles. The van der Waals surface area contributed by atoms with E-state index in [1.807, 2.05) is 0 Å². The van der Waals surface area contributed by atoms with Gasteiger partial charge in [0.2, 0.25) is 0 Å². The van der Waals surface area contributed by atoms with Gasteiger partial charge < -0.3 is 5.73 Å². The zero-order chi connectivity index (χ0) is 15.8. The zero-order valence-corrected chi connectivity index (χ0v) is 15.1. The maximum Gasteiger partial charge on any atom is 0.416 e. The minimum Gasteiger partial charge on any atom is -0.320 e. The molecular weight excluding hydrogens is 479 g/mol. The van der Waals surface area contributed by atoms with Crippen LogP contribution < -0.4 is 5.73 Å². The van der Waals surface area contributed by atoms with Crippen molar-refractivity contribution >= 4 is 47.8 Å². The Kier molecular flexibility index (Phi) is 5.18. The molecule has 0 aliphatic rings. The maximum atomic E-state index is 13.2. The van der Waals surface area contributed by atoms with Crippen LogP contribution in [0.1, 0.15) is 22.7 Å². The van der Waals surface area contributed by atoms with Crippen molar-refractivity contribution in [3.8, 4) is 0 Å². The van der Waals surface area contributed by atoms with Crippen LogP contribution in [0.25, 0.3) is 0 Å². The van der Waals surface area contributed by atoms with Crippen molar-refractivity contribution < 1.29 is 13.2 Å². The van der Waals surface area contributed by atoms with Crippen LogP contribution in [-0.2, 0) is 6.18 Å². The van der Waals surface area contributed by atoms with Crippen LogP contribution in [0.2, 0.25) is 0 Å². The molecule has 0 amide bonds. The van der Waals surface area contributed by atoms with Gasteiger partial charge in [0.1, 0.15) is 0 Å². The first kappa shape index (κ1) is 17.0. The van der Waals surface area contributed by atoms with Crippen LogP contribution >= 0.6 is 47.8 Å². The lowest BCUT2D eigenvalue weighted by molar-refractivity contribution is -0.138. The predicted octanol–water partition coefficient (Wildman–Crippen LogP) is 6.04. The fraction of sp³-hybridized carbons (Fsp3) is 0.143. The van der Waals surface area contributed by atoms with Crippen LogP contribution in [0, 0.1) is 0 Å². The highest BCUT2D eigenvalue weighted by atomic mass is 79.9. The molecule has 2 aromatic carbocycles. The molecule has 0 aliphatic carbocycles. The van der Waals surface area contributed by atoms with Crippen molar-refractivity contribution in [1.29, 1.82) is 0 Å². The molecule has 0 saturated carbocycles. The first-order chi connectivity index (χ1) is 9.70. The van der Waals surface area contributed by atoms with Gasteiger partial charge in [0.25, 0.3) is 0 Å². The van der Waals surface area contributed by atoms with E-state index in [1.54, 1.807) is 24.3 Å². The third-order valence-electron chi connectivity index (χ3n) is 2.95. The van der Waals surface area contributed by atoms with E-state index in [1.165, 1.54) is 6.07 Å². The summed E-state index contributed by atoms with van der Waals surface area (Å²) in [5, 5.41) is 0. The monoisotopic (exact) mass is 485 g/mol. The van der Waals surface area contributed by atoms with E-state index in [4.69, 9.17) is 5.73 Å². The fourth-order valence-electron chi connectivity index (χ4n) is 1.97. The number of alkyl halides is 3. The topological polar surface area (TPSA) is 26.0 Å². The van der Waals surface area contributed by atoms with Crippen LogP contribution in [0.4, 0.5) is 13.2 Å². The molecule has 21 heavy (non-hydrogen) atoms. The van der Waals surface area contributed by atoms with Gasteiger partial charge >= 0.3 is 6.18 Å². The normalized spacial score (nSPS) is 13.3. The van der Waals surface area contributed by atoms with Crippen molar-refractivity contribution in [2.75, 3.05) is 0 Å². The average Bonchev–Trinajstić information content (AvgIpc) is 2.40. The molecule has 1 nitrogen and oxygen atoms in total. The highest BCUT2D eigenvalue weighted by Gasteiger charge is 2.35. The molecule has 0 fully saturated rings. The minimum absolute atomic E-state index is 0.0319. The minimum atomic E-state index is -4.46. The molecule has 0 radical (unpaired) electrons. The molecule has 0 aromatic heterocycles. The van der Waals surface area contributed by atoms with Gasteiger partial charge in [-0.3, -0.25) is 0 Å². The van der Waals surface area contributed by atoms with E-state index < -0.39 is 17.8 Å². The second-order valence-electron chi connectivity index (χ2n) is 4.37.